The highest BCUT2D eigenvalue weighted by Gasteiger charge is 2.05. The topological polar surface area (TPSA) is 55.1 Å². The molecule has 1 unspecified atom stereocenters. The summed E-state index contributed by atoms with van der Waals surface area (Å²) in [6.07, 6.45) is 2.50. The number of nitrogens with two attached hydrogens (primary N) is 1. The standard InChI is InChI=1S/C13H20N2OS/c1-10(9-17-2)8-15-13(16)7-11-3-5-12(14)6-4-11/h3-6,10H,7-9,14H2,1-2H3,(H,15,16). The van der Waals surface area contributed by atoms with Gasteiger partial charge in [-0.1, -0.05) is 19.1 Å². The molecule has 0 heterocycles. The molecule has 0 fully saturated rings. The SMILES string of the molecule is CSCC(C)CNC(=O)Cc1ccc(N)cc1. The molecule has 0 spiro atoms. The van der Waals surface area contributed by atoms with Crippen molar-refractivity contribution in [2.45, 2.75) is 13.3 Å². The van der Waals surface area contributed by atoms with Crippen LogP contribution >= 0.6 is 11.8 Å². The number of nitrogens with one attached hydrogen (secondary N) is 1. The lowest BCUT2D eigenvalue weighted by atomic mass is 10.1. The molecule has 94 valence electrons. The van der Waals surface area contributed by atoms with Crippen molar-refractivity contribution in [2.75, 3.05) is 24.3 Å². The molecule has 0 aliphatic rings. The molecular weight excluding hydrogens is 232 g/mol. The lowest BCUT2D eigenvalue weighted by Gasteiger charge is -2.11. The van der Waals surface area contributed by atoms with E-state index >= 15 is 0 Å². The maximum Gasteiger partial charge on any atom is 0.224 e. The number of anilines is 1. The number of hydrogen-bond donors (Lipinski definition) is 2. The summed E-state index contributed by atoms with van der Waals surface area (Å²) in [4.78, 5) is 11.7. The molecule has 4 heteroatoms. The highest BCUT2D eigenvalue weighted by atomic mass is 32.2. The molecule has 1 rings (SSSR count). The molecule has 3 nitrogen and oxygen atoms in total. The number of thioether (sulfide) groups is 1. The van der Waals surface area contributed by atoms with Crippen molar-refractivity contribution >= 4 is 23.4 Å². The minimum atomic E-state index is 0.0720. The summed E-state index contributed by atoms with van der Waals surface area (Å²) < 4.78 is 0. The van der Waals surface area contributed by atoms with Gasteiger partial charge in [-0.15, -0.1) is 0 Å². The first-order valence-electron chi connectivity index (χ1n) is 5.72. The average Bonchev–Trinajstić information content (AvgIpc) is 2.30. The van der Waals surface area contributed by atoms with Crippen LogP contribution in [0.2, 0.25) is 0 Å². The van der Waals surface area contributed by atoms with E-state index in [1.165, 1.54) is 0 Å². The van der Waals surface area contributed by atoms with Crippen LogP contribution in [0.25, 0.3) is 0 Å². The van der Waals surface area contributed by atoms with Crippen molar-refractivity contribution in [1.29, 1.82) is 0 Å². The number of nitrogen functional groups attached to an aromatic ring is 1. The minimum Gasteiger partial charge on any atom is -0.399 e. The van der Waals surface area contributed by atoms with Gasteiger partial charge < -0.3 is 11.1 Å². The van der Waals surface area contributed by atoms with E-state index in [4.69, 9.17) is 5.73 Å². The number of carbonyl (C=O) groups excluding carboxylic acids is 1. The predicted octanol–water partition coefficient (Wildman–Crippen LogP) is 1.93. The van der Waals surface area contributed by atoms with Gasteiger partial charge >= 0.3 is 0 Å². The molecular formula is C13H20N2OS. The molecule has 3 N–H and O–H groups in total. The van der Waals surface area contributed by atoms with E-state index in [0.717, 1.165) is 23.5 Å². The van der Waals surface area contributed by atoms with Gasteiger partial charge in [0.15, 0.2) is 0 Å². The van der Waals surface area contributed by atoms with Crippen LogP contribution in [0.3, 0.4) is 0 Å². The highest BCUT2D eigenvalue weighted by Crippen LogP contribution is 2.06. The minimum absolute atomic E-state index is 0.0720. The van der Waals surface area contributed by atoms with Crippen LogP contribution in [0.4, 0.5) is 5.69 Å². The van der Waals surface area contributed by atoms with Crippen LogP contribution in [0, 0.1) is 5.92 Å². The Bertz CT molecular complexity index is 351. The normalized spacial score (nSPS) is 12.1. The fourth-order valence-corrected chi connectivity index (χ4v) is 2.20. The number of amides is 1. The molecule has 0 saturated carbocycles. The quantitative estimate of drug-likeness (QED) is 0.761. The Kier molecular flexibility index (Phi) is 5.91. The molecule has 1 atom stereocenters. The predicted molar refractivity (Wildman–Crippen MR) is 75.1 cm³/mol. The average molecular weight is 252 g/mol. The Hall–Kier alpha value is -1.16. The zero-order valence-electron chi connectivity index (χ0n) is 10.4. The first kappa shape index (κ1) is 13.9. The van der Waals surface area contributed by atoms with Crippen molar-refractivity contribution in [3.05, 3.63) is 29.8 Å². The van der Waals surface area contributed by atoms with E-state index in [-0.39, 0.29) is 5.91 Å². The second kappa shape index (κ2) is 7.22. The molecule has 0 aliphatic carbocycles. The molecule has 0 saturated heterocycles. The van der Waals surface area contributed by atoms with E-state index in [1.54, 1.807) is 11.8 Å². The van der Waals surface area contributed by atoms with Gasteiger partial charge in [0.2, 0.25) is 5.91 Å². The third kappa shape index (κ3) is 5.63. The Labute approximate surface area is 107 Å². The lowest BCUT2D eigenvalue weighted by molar-refractivity contribution is -0.120. The third-order valence-corrected chi connectivity index (χ3v) is 3.35. The summed E-state index contributed by atoms with van der Waals surface area (Å²) >= 11 is 1.80. The largest absolute Gasteiger partial charge is 0.399 e. The van der Waals surface area contributed by atoms with Crippen molar-refractivity contribution in [3.63, 3.8) is 0 Å². The van der Waals surface area contributed by atoms with E-state index < -0.39 is 0 Å². The third-order valence-electron chi connectivity index (χ3n) is 2.44. The summed E-state index contributed by atoms with van der Waals surface area (Å²) in [6.45, 7) is 2.88. The fraction of sp³-hybridized carbons (Fsp3) is 0.462. The van der Waals surface area contributed by atoms with Crippen LogP contribution in [0.1, 0.15) is 12.5 Å². The zero-order chi connectivity index (χ0) is 12.7. The monoisotopic (exact) mass is 252 g/mol. The second-order valence-corrected chi connectivity index (χ2v) is 5.19. The fourth-order valence-electron chi connectivity index (χ4n) is 1.51. The van der Waals surface area contributed by atoms with Crippen LogP contribution < -0.4 is 11.1 Å². The number of rotatable bonds is 6. The molecule has 0 radical (unpaired) electrons. The summed E-state index contributed by atoms with van der Waals surface area (Å²) in [7, 11) is 0. The molecule has 1 amide bonds. The summed E-state index contributed by atoms with van der Waals surface area (Å²) in [5, 5.41) is 2.95. The van der Waals surface area contributed by atoms with Crippen molar-refractivity contribution in [3.8, 4) is 0 Å². The Morgan fingerprint density at radius 1 is 1.41 bits per heavy atom. The highest BCUT2D eigenvalue weighted by molar-refractivity contribution is 7.98. The molecule has 0 bridgehead atoms. The van der Waals surface area contributed by atoms with Gasteiger partial charge in [0, 0.05) is 12.2 Å². The van der Waals surface area contributed by atoms with Gasteiger partial charge in [-0.25, -0.2) is 0 Å². The number of benzene rings is 1. The van der Waals surface area contributed by atoms with Crippen molar-refractivity contribution < 1.29 is 4.79 Å². The van der Waals surface area contributed by atoms with E-state index in [0.29, 0.717) is 12.3 Å². The van der Waals surface area contributed by atoms with Gasteiger partial charge in [-0.05, 0) is 35.6 Å². The maximum absolute atomic E-state index is 11.7. The summed E-state index contributed by atoms with van der Waals surface area (Å²) in [5.74, 6) is 1.66. The molecule has 17 heavy (non-hydrogen) atoms. The second-order valence-electron chi connectivity index (χ2n) is 4.28. The Morgan fingerprint density at radius 3 is 2.65 bits per heavy atom. The van der Waals surface area contributed by atoms with Gasteiger partial charge in [-0.3, -0.25) is 4.79 Å². The zero-order valence-corrected chi connectivity index (χ0v) is 11.2. The van der Waals surface area contributed by atoms with E-state index in [9.17, 15) is 4.79 Å². The van der Waals surface area contributed by atoms with Crippen LogP contribution in [-0.2, 0) is 11.2 Å². The van der Waals surface area contributed by atoms with Gasteiger partial charge in [0.1, 0.15) is 0 Å². The molecule has 1 aromatic carbocycles. The number of carbonyl (C=O) groups is 1. The van der Waals surface area contributed by atoms with Crippen LogP contribution in [0.5, 0.6) is 0 Å². The van der Waals surface area contributed by atoms with Gasteiger partial charge in [0.25, 0.3) is 0 Å². The molecule has 1 aromatic rings. The summed E-state index contributed by atoms with van der Waals surface area (Å²) in [6, 6.07) is 7.42. The van der Waals surface area contributed by atoms with Gasteiger partial charge in [-0.2, -0.15) is 11.8 Å². The lowest BCUT2D eigenvalue weighted by Crippen LogP contribution is -2.30. The maximum atomic E-state index is 11.7. The first-order valence-corrected chi connectivity index (χ1v) is 7.11. The smallest absolute Gasteiger partial charge is 0.224 e. The Morgan fingerprint density at radius 2 is 2.06 bits per heavy atom. The van der Waals surface area contributed by atoms with Crippen LogP contribution in [-0.4, -0.2) is 24.5 Å². The van der Waals surface area contributed by atoms with E-state index in [2.05, 4.69) is 18.5 Å². The first-order chi connectivity index (χ1) is 8.11. The number of hydrogen-bond acceptors (Lipinski definition) is 3. The van der Waals surface area contributed by atoms with Gasteiger partial charge in [0.05, 0.1) is 6.42 Å². The Balaban J connectivity index is 2.32. The molecule has 0 aromatic heterocycles. The van der Waals surface area contributed by atoms with E-state index in [1.807, 2.05) is 24.3 Å². The van der Waals surface area contributed by atoms with Crippen molar-refractivity contribution in [2.24, 2.45) is 5.92 Å². The summed E-state index contributed by atoms with van der Waals surface area (Å²) in [5.41, 5.74) is 7.31. The molecule has 0 aliphatic heterocycles. The van der Waals surface area contributed by atoms with Crippen molar-refractivity contribution in [1.82, 2.24) is 5.32 Å². The van der Waals surface area contributed by atoms with Crippen LogP contribution in [0.15, 0.2) is 24.3 Å².